The summed E-state index contributed by atoms with van der Waals surface area (Å²) in [7, 11) is -29.8. The Morgan fingerprint density at radius 2 is 1.14 bits per heavy atom. The van der Waals surface area contributed by atoms with Crippen molar-refractivity contribution in [2.75, 3.05) is 12.8 Å². The lowest BCUT2D eigenvalue weighted by atomic mass is 10.0. The standard InChI is InChI=1S/C27H20N8O19S5.C17H13N5O11S2/c1-29-33-24-20(58(47,48)49)8-12-11(25(24)36)3-5-15(27(12)59(50,51)52)31-32-16-9-18(56(41,42)43)13-7-17(55-54-53-40)23(26(37)21(13)22(16)28)34-30-14-4-2-10(35(38)39)6-19(14)57(44,45)46;1-8-6-11(22(26)27)13(12(7-8)35(31,32)33)18-19-14-15(17(24)25)20-21(16(14)23)9-2-4-10(5-3-9)34(28,29)30/h2-9,36-37,40H,28H2,1H3,(H,41,42,43)(H,44,45,46)(H,47,48,49)(H,50,51,52);2-7,20H,1H3,(H,24,25)(H,28,29,30)(H,31,32,33). The topological polar surface area (TPSA) is 692 Å². The predicted molar refractivity (Wildman–Crippen MR) is 312 cm³/mol. The molecule has 0 fully saturated rings. The largest absolute Gasteiger partial charge is 0.505 e. The number of aromatic amines is 1. The number of rotatable bonds is 20. The maximum atomic E-state index is 12.8. The second-order valence-electron chi connectivity index (χ2n) is 17.9. The smallest absolute Gasteiger partial charge is 0.356 e. The Hall–Kier alpha value is -10.2. The van der Waals surface area contributed by atoms with E-state index < -0.39 is 212 Å². The Kier molecular flexibility index (Phi) is 20.0. The third kappa shape index (κ3) is 15.2. The number of hydrogen-bond donors (Lipinski definition) is 12. The van der Waals surface area contributed by atoms with E-state index in [9.17, 15) is 118 Å². The predicted octanol–water partition coefficient (Wildman–Crippen LogP) is 7.84. The van der Waals surface area contributed by atoms with Gasteiger partial charge in [-0.15, -0.1) is 35.0 Å². The van der Waals surface area contributed by atoms with E-state index in [1.807, 2.05) is 0 Å². The number of nitro benzene ring substituents is 2. The molecular formula is C44H33N13O30S7. The van der Waals surface area contributed by atoms with Gasteiger partial charge in [0.1, 0.15) is 52.9 Å². The van der Waals surface area contributed by atoms with Crippen LogP contribution in [0, 0.1) is 27.2 Å². The fourth-order valence-corrected chi connectivity index (χ4v) is 12.6. The number of carboxylic acid groups (broad SMARTS) is 1. The molecule has 0 unspecified atom stereocenters. The maximum Gasteiger partial charge on any atom is 0.356 e. The van der Waals surface area contributed by atoms with Gasteiger partial charge in [-0.3, -0.25) is 57.4 Å². The number of nitrogens with two attached hydrogens (primary N) is 1. The van der Waals surface area contributed by atoms with Crippen LogP contribution in [0.25, 0.3) is 27.2 Å². The molecule has 0 saturated heterocycles. The zero-order valence-corrected chi connectivity index (χ0v) is 51.3. The minimum absolute atomic E-state index is 0.0109. The minimum atomic E-state index is -5.47. The van der Waals surface area contributed by atoms with Crippen molar-refractivity contribution < 1.29 is 122 Å². The second-order valence-corrected chi connectivity index (χ2v) is 27.0. The molecule has 1 aromatic heterocycles. The summed E-state index contributed by atoms with van der Waals surface area (Å²) in [6.45, 7) is 1.31. The van der Waals surface area contributed by atoms with Crippen LogP contribution >= 0.6 is 12.0 Å². The second kappa shape index (κ2) is 26.4. The van der Waals surface area contributed by atoms with Crippen LogP contribution in [0.1, 0.15) is 16.1 Å². The van der Waals surface area contributed by atoms with Gasteiger partial charge in [0.05, 0.1) is 48.4 Å². The summed E-state index contributed by atoms with van der Waals surface area (Å²) >= 11 is 0.0109. The highest BCUT2D eigenvalue weighted by molar-refractivity contribution is 7.94. The number of azo groups is 4. The number of aryl methyl sites for hydroxylation is 1. The summed E-state index contributed by atoms with van der Waals surface area (Å²) in [4.78, 5) is 38.3. The molecule has 0 aliphatic carbocycles. The number of aromatic hydroxyl groups is 2. The van der Waals surface area contributed by atoms with E-state index in [1.165, 1.54) is 6.92 Å². The number of hydrogen-bond acceptors (Lipinski definition) is 33. The Labute approximate surface area is 525 Å². The molecular weight excluding hydrogens is 1420 g/mol. The average molecular weight is 1450 g/mol. The number of nitrogens with zero attached hydrogens (tertiary/aromatic N) is 11. The lowest BCUT2D eigenvalue weighted by molar-refractivity contribution is -0.432. The number of carbonyl (C=O) groups is 1. The van der Waals surface area contributed by atoms with Crippen LogP contribution < -0.4 is 11.3 Å². The summed E-state index contributed by atoms with van der Waals surface area (Å²) in [6.07, 6.45) is 0. The molecule has 0 bridgehead atoms. The van der Waals surface area contributed by atoms with Gasteiger partial charge in [0, 0.05) is 41.4 Å². The van der Waals surface area contributed by atoms with Crippen molar-refractivity contribution in [2.45, 2.75) is 41.2 Å². The van der Waals surface area contributed by atoms with Crippen molar-refractivity contribution in [2.24, 2.45) is 40.9 Å². The molecule has 0 aliphatic rings. The van der Waals surface area contributed by atoms with E-state index in [-0.39, 0.29) is 23.3 Å². The van der Waals surface area contributed by atoms with E-state index in [4.69, 9.17) is 15.5 Å². The van der Waals surface area contributed by atoms with Crippen molar-refractivity contribution in [3.63, 3.8) is 0 Å². The number of nitrogens with one attached hydrogen (secondary N) is 1. The van der Waals surface area contributed by atoms with Crippen molar-refractivity contribution in [3.05, 3.63) is 127 Å². The lowest BCUT2D eigenvalue weighted by Gasteiger charge is -2.15. The van der Waals surface area contributed by atoms with Crippen LogP contribution in [0.5, 0.6) is 11.5 Å². The molecule has 1 heterocycles. The van der Waals surface area contributed by atoms with E-state index >= 15 is 0 Å². The molecule has 13 N–H and O–H groups in total. The summed E-state index contributed by atoms with van der Waals surface area (Å²) < 4.78 is 208. The Balaban J connectivity index is 0.000000303. The van der Waals surface area contributed by atoms with Crippen molar-refractivity contribution in [3.8, 4) is 17.2 Å². The summed E-state index contributed by atoms with van der Waals surface area (Å²) in [5.41, 5.74) is -4.07. The number of phenolic OH excluding ortho intramolecular Hbond substituents is 2. The molecule has 496 valence electrons. The molecule has 0 spiro atoms. The number of anilines is 1. The molecule has 50 heteroatoms. The Morgan fingerprint density at radius 1 is 0.585 bits per heavy atom. The summed E-state index contributed by atoms with van der Waals surface area (Å²) in [5.74, 6) is -3.90. The lowest BCUT2D eigenvalue weighted by Crippen LogP contribution is -2.14. The average Bonchev–Trinajstić information content (AvgIpc) is 0.979. The van der Waals surface area contributed by atoms with Crippen molar-refractivity contribution in [1.29, 1.82) is 0 Å². The van der Waals surface area contributed by atoms with Gasteiger partial charge in [-0.05, 0) is 79.2 Å². The van der Waals surface area contributed by atoms with Gasteiger partial charge in [-0.1, -0.05) is 5.04 Å². The molecule has 0 atom stereocenters. The van der Waals surface area contributed by atoms with Crippen molar-refractivity contribution in [1.82, 2.24) is 9.78 Å². The molecule has 7 aromatic carbocycles. The first-order valence-electron chi connectivity index (χ1n) is 23.7. The number of nitro groups is 2. The first kappa shape index (κ1) is 71.3. The van der Waals surface area contributed by atoms with Gasteiger partial charge in [0.2, 0.25) is 0 Å². The Morgan fingerprint density at radius 3 is 1.67 bits per heavy atom. The van der Waals surface area contributed by atoms with Crippen LogP contribution in [0.3, 0.4) is 0 Å². The zero-order valence-electron chi connectivity index (χ0n) is 45.6. The van der Waals surface area contributed by atoms with Crippen molar-refractivity contribution >= 4 is 157 Å². The molecule has 8 rings (SSSR count). The van der Waals surface area contributed by atoms with Gasteiger partial charge < -0.3 is 21.1 Å². The quantitative estimate of drug-likeness (QED) is 0.00657. The van der Waals surface area contributed by atoms with Gasteiger partial charge in [-0.2, -0.15) is 60.7 Å². The number of phenols is 2. The highest BCUT2D eigenvalue weighted by atomic mass is 32.2. The highest BCUT2D eigenvalue weighted by Crippen LogP contribution is 2.51. The van der Waals surface area contributed by atoms with Gasteiger partial charge in [-0.25, -0.2) is 14.7 Å². The SMILES string of the molecule is CN=Nc1c(S(=O)(=O)O)cc2c(S(=O)(=O)O)c(N=Nc3cc(S(=O)(=O)O)c4cc(SOOO)c(N=Nc5ccc([N+](=O)[O-])cc5S(=O)(=O)O)c(O)c4c3N)ccc2c1O.Cc1cc([N+](=O)[O-])c(N=Nc2c(C(=O)O)[nH]n(-c3ccc(S(=O)(=O)O)cc3)c2=O)c(S(=O)(=O)O)c1. The first-order valence-corrected chi connectivity index (χ1v) is 33.1. The number of aromatic nitrogens is 2. The molecule has 94 heavy (non-hydrogen) atoms. The Bertz CT molecular complexity index is 5490. The third-order valence-electron chi connectivity index (χ3n) is 12.0. The number of fused-ring (bicyclic) bond motifs is 2. The number of nitrogen functional groups attached to an aromatic ring is 1. The van der Waals surface area contributed by atoms with Crippen LogP contribution in [-0.2, 0) is 70.1 Å². The normalized spacial score (nSPS) is 12.8. The monoisotopic (exact) mass is 1450 g/mol. The molecule has 0 saturated carbocycles. The molecule has 43 nitrogen and oxygen atoms in total. The van der Waals surface area contributed by atoms with Crippen LogP contribution in [-0.4, -0.2) is 131 Å². The fourth-order valence-electron chi connectivity index (χ4n) is 8.14. The number of benzene rings is 7. The number of H-pyrrole nitrogens is 1. The summed E-state index contributed by atoms with van der Waals surface area (Å²) in [5, 5.41) is 94.3. The highest BCUT2D eigenvalue weighted by Gasteiger charge is 2.32. The molecule has 0 aliphatic heterocycles. The molecule has 0 amide bonds. The van der Waals surface area contributed by atoms with E-state index in [1.54, 1.807) is 0 Å². The van der Waals surface area contributed by atoms with Crippen LogP contribution in [0.4, 0.5) is 56.9 Å². The zero-order chi connectivity index (χ0) is 70.3. The van der Waals surface area contributed by atoms with Gasteiger partial charge in [0.25, 0.3) is 77.6 Å². The van der Waals surface area contributed by atoms with E-state index in [0.29, 0.717) is 22.9 Å². The molecule has 0 radical (unpaired) electrons. The summed E-state index contributed by atoms with van der Waals surface area (Å²) in [6, 6.07) is 11.3. The first-order chi connectivity index (χ1) is 43.4. The van der Waals surface area contributed by atoms with Gasteiger partial charge >= 0.3 is 5.97 Å². The minimum Gasteiger partial charge on any atom is -0.505 e. The number of non-ortho nitro benzene ring substituents is 1. The third-order valence-corrected chi connectivity index (χ3v) is 17.9. The maximum absolute atomic E-state index is 12.8. The van der Waals surface area contributed by atoms with E-state index in [0.717, 1.165) is 73.8 Å². The van der Waals surface area contributed by atoms with Crippen LogP contribution in [0.2, 0.25) is 0 Å². The fraction of sp³-hybridized carbons (Fsp3) is 0.0455. The van der Waals surface area contributed by atoms with Gasteiger partial charge in [0.15, 0.2) is 28.6 Å². The number of carboxylic acids is 1. The molecule has 8 aromatic rings. The van der Waals surface area contributed by atoms with Crippen LogP contribution in [0.15, 0.2) is 165 Å². The number of aromatic carboxylic acids is 1. The van der Waals surface area contributed by atoms with E-state index in [2.05, 4.69) is 55.4 Å².